The maximum Gasteiger partial charge on any atom is 0.346 e. The minimum atomic E-state index is -0.145. The monoisotopic (exact) mass is 418 g/mol. The molecule has 7 heteroatoms. The molecule has 0 radical (unpaired) electrons. The Morgan fingerprint density at radius 3 is 2.92 bits per heavy atom. The predicted octanol–water partition coefficient (Wildman–Crippen LogP) is 2.90. The third kappa shape index (κ3) is 3.37. The second-order valence-corrected chi connectivity index (χ2v) is 8.03. The number of fused-ring (bicyclic) bond motifs is 1. The number of carbonyl (C=O) groups excluding carboxylic acids is 1. The number of hydrogen-bond acceptors (Lipinski definition) is 3. The first kappa shape index (κ1) is 17.5. The Hall–Kier alpha value is -1.89. The van der Waals surface area contributed by atoms with E-state index in [1.165, 1.54) is 4.68 Å². The van der Waals surface area contributed by atoms with E-state index in [2.05, 4.69) is 33.2 Å². The molecule has 2 aromatic rings. The molecule has 2 aliphatic heterocycles. The maximum atomic E-state index is 12.9. The third-order valence-corrected chi connectivity index (χ3v) is 5.87. The van der Waals surface area contributed by atoms with Crippen LogP contribution in [0.2, 0.25) is 0 Å². The number of hydrogen-bond donors (Lipinski definition) is 0. The van der Waals surface area contributed by atoms with Gasteiger partial charge in [0, 0.05) is 24.0 Å². The van der Waals surface area contributed by atoms with Gasteiger partial charge in [-0.15, -0.1) is 0 Å². The lowest BCUT2D eigenvalue weighted by Crippen LogP contribution is -2.37. The molecule has 1 unspecified atom stereocenters. The van der Waals surface area contributed by atoms with Gasteiger partial charge in [0.05, 0.1) is 6.04 Å². The highest BCUT2D eigenvalue weighted by molar-refractivity contribution is 9.10. The van der Waals surface area contributed by atoms with Crippen LogP contribution in [0.15, 0.2) is 33.5 Å². The van der Waals surface area contributed by atoms with E-state index < -0.39 is 0 Å². The number of carbonyl (C=O) groups is 1. The van der Waals surface area contributed by atoms with Crippen LogP contribution in [0.4, 0.5) is 0 Å². The molecule has 4 rings (SSSR count). The lowest BCUT2D eigenvalue weighted by atomic mass is 10.0. The molecule has 3 heterocycles. The summed E-state index contributed by atoms with van der Waals surface area (Å²) in [4.78, 5) is 27.4. The van der Waals surface area contributed by atoms with Crippen molar-refractivity contribution in [3.05, 3.63) is 50.6 Å². The quantitative estimate of drug-likeness (QED) is 0.769. The van der Waals surface area contributed by atoms with Gasteiger partial charge in [-0.2, -0.15) is 5.10 Å². The van der Waals surface area contributed by atoms with E-state index in [1.807, 2.05) is 17.0 Å². The summed E-state index contributed by atoms with van der Waals surface area (Å²) in [6.07, 6.45) is 5.95. The fourth-order valence-corrected chi connectivity index (χ4v) is 4.49. The predicted molar refractivity (Wildman–Crippen MR) is 102 cm³/mol. The summed E-state index contributed by atoms with van der Waals surface area (Å²) in [5.74, 6) is 0.799. The molecule has 0 saturated carbocycles. The molecule has 0 spiro atoms. The van der Waals surface area contributed by atoms with Gasteiger partial charge >= 0.3 is 5.69 Å². The molecule has 1 aromatic heterocycles. The minimum Gasteiger partial charge on any atom is -0.334 e. The molecule has 1 amide bonds. The Bertz CT molecular complexity index is 873. The Morgan fingerprint density at radius 1 is 1.19 bits per heavy atom. The molecule has 0 bridgehead atoms. The van der Waals surface area contributed by atoms with Crippen molar-refractivity contribution in [2.75, 3.05) is 6.54 Å². The van der Waals surface area contributed by atoms with Gasteiger partial charge in [0.2, 0.25) is 5.91 Å². The van der Waals surface area contributed by atoms with Crippen LogP contribution in [0.5, 0.6) is 0 Å². The van der Waals surface area contributed by atoms with Crippen LogP contribution >= 0.6 is 15.9 Å². The first-order valence-electron chi connectivity index (χ1n) is 9.35. The van der Waals surface area contributed by atoms with Crippen molar-refractivity contribution in [3.63, 3.8) is 0 Å². The van der Waals surface area contributed by atoms with Crippen LogP contribution in [0.25, 0.3) is 0 Å². The lowest BCUT2D eigenvalue weighted by Gasteiger charge is -2.25. The largest absolute Gasteiger partial charge is 0.346 e. The molecule has 0 aliphatic carbocycles. The average Bonchev–Trinajstić information content (AvgIpc) is 3.14. The topological polar surface area (TPSA) is 60.1 Å². The summed E-state index contributed by atoms with van der Waals surface area (Å²) in [5, 5.41) is 4.45. The highest BCUT2D eigenvalue weighted by Crippen LogP contribution is 2.33. The van der Waals surface area contributed by atoms with Crippen molar-refractivity contribution >= 4 is 21.8 Å². The zero-order chi connectivity index (χ0) is 18.1. The number of halogens is 1. The number of benzene rings is 1. The summed E-state index contributed by atoms with van der Waals surface area (Å²) in [6.45, 7) is 1.48. The smallest absolute Gasteiger partial charge is 0.334 e. The van der Waals surface area contributed by atoms with Gasteiger partial charge in [0.25, 0.3) is 0 Å². The van der Waals surface area contributed by atoms with Crippen LogP contribution in [-0.2, 0) is 24.3 Å². The molecule has 6 nitrogen and oxygen atoms in total. The molecule has 138 valence electrons. The number of aromatic nitrogens is 3. The highest BCUT2D eigenvalue weighted by Gasteiger charge is 2.31. The minimum absolute atomic E-state index is 0.0252. The maximum absolute atomic E-state index is 12.9. The molecule has 1 fully saturated rings. The second-order valence-electron chi connectivity index (χ2n) is 7.12. The van der Waals surface area contributed by atoms with Crippen LogP contribution in [-0.4, -0.2) is 31.7 Å². The van der Waals surface area contributed by atoms with Gasteiger partial charge in [-0.25, -0.2) is 9.48 Å². The Balaban J connectivity index is 1.54. The molecule has 1 saturated heterocycles. The van der Waals surface area contributed by atoms with Crippen molar-refractivity contribution in [2.24, 2.45) is 0 Å². The van der Waals surface area contributed by atoms with Gasteiger partial charge in [-0.3, -0.25) is 9.36 Å². The van der Waals surface area contributed by atoms with E-state index in [4.69, 9.17) is 0 Å². The molecular formula is C19H23BrN4O2. The van der Waals surface area contributed by atoms with E-state index in [-0.39, 0.29) is 24.2 Å². The van der Waals surface area contributed by atoms with Crippen molar-refractivity contribution in [3.8, 4) is 0 Å². The first-order chi connectivity index (χ1) is 12.6. The van der Waals surface area contributed by atoms with Gasteiger partial charge in [0.1, 0.15) is 12.4 Å². The molecule has 1 atom stereocenters. The summed E-state index contributed by atoms with van der Waals surface area (Å²) in [7, 11) is 0. The fraction of sp³-hybridized carbons (Fsp3) is 0.526. The zero-order valence-electron chi connectivity index (χ0n) is 14.7. The van der Waals surface area contributed by atoms with Crippen LogP contribution < -0.4 is 5.69 Å². The van der Waals surface area contributed by atoms with Crippen molar-refractivity contribution in [2.45, 2.75) is 57.7 Å². The van der Waals surface area contributed by atoms with Crippen LogP contribution in [0.3, 0.4) is 0 Å². The Kier molecular flexibility index (Phi) is 4.98. The fourth-order valence-electron chi connectivity index (χ4n) is 4.07. The van der Waals surface area contributed by atoms with Gasteiger partial charge in [0.15, 0.2) is 0 Å². The van der Waals surface area contributed by atoms with Gasteiger partial charge in [-0.05, 0) is 43.4 Å². The molecular weight excluding hydrogens is 396 g/mol. The van der Waals surface area contributed by atoms with Crippen molar-refractivity contribution in [1.29, 1.82) is 0 Å². The number of nitrogens with zero attached hydrogens (tertiary/aromatic N) is 4. The average molecular weight is 419 g/mol. The van der Waals surface area contributed by atoms with Gasteiger partial charge in [-0.1, -0.05) is 34.5 Å². The molecule has 26 heavy (non-hydrogen) atoms. The number of aryl methyl sites for hydroxylation is 1. The van der Waals surface area contributed by atoms with E-state index in [0.29, 0.717) is 6.54 Å². The standard InChI is InChI=1S/C19H23BrN4O2/c20-15-7-4-6-14(12-15)16-8-5-11-22(16)18(25)13-24-19(26)23-10-3-1-2-9-17(23)21-24/h4,6-7,12,16H,1-3,5,8-11,13H2. The molecule has 0 N–H and O–H groups in total. The summed E-state index contributed by atoms with van der Waals surface area (Å²) < 4.78 is 4.12. The zero-order valence-corrected chi connectivity index (χ0v) is 16.3. The number of amides is 1. The summed E-state index contributed by atoms with van der Waals surface area (Å²) in [5.41, 5.74) is 0.992. The van der Waals surface area contributed by atoms with Gasteiger partial charge < -0.3 is 4.90 Å². The van der Waals surface area contributed by atoms with Crippen LogP contribution in [0.1, 0.15) is 49.5 Å². The summed E-state index contributed by atoms with van der Waals surface area (Å²) in [6, 6.07) is 8.20. The van der Waals surface area contributed by atoms with E-state index in [9.17, 15) is 9.59 Å². The highest BCUT2D eigenvalue weighted by atomic mass is 79.9. The molecule has 2 aliphatic rings. The van der Waals surface area contributed by atoms with E-state index >= 15 is 0 Å². The number of rotatable bonds is 3. The normalized spacial score (nSPS) is 20.0. The summed E-state index contributed by atoms with van der Waals surface area (Å²) >= 11 is 3.51. The lowest BCUT2D eigenvalue weighted by molar-refractivity contribution is -0.133. The van der Waals surface area contributed by atoms with Crippen molar-refractivity contribution in [1.82, 2.24) is 19.2 Å². The van der Waals surface area contributed by atoms with E-state index in [1.54, 1.807) is 4.57 Å². The number of likely N-dealkylation sites (tertiary alicyclic amines) is 1. The van der Waals surface area contributed by atoms with E-state index in [0.717, 1.165) is 60.9 Å². The van der Waals surface area contributed by atoms with Crippen molar-refractivity contribution < 1.29 is 4.79 Å². The SMILES string of the molecule is O=C(Cn1nc2n(c1=O)CCCCC2)N1CCCC1c1cccc(Br)c1. The second kappa shape index (κ2) is 7.39. The molecule has 1 aromatic carbocycles. The Labute approximate surface area is 160 Å². The third-order valence-electron chi connectivity index (χ3n) is 5.37. The Morgan fingerprint density at radius 2 is 2.08 bits per heavy atom. The first-order valence-corrected chi connectivity index (χ1v) is 10.1. The van der Waals surface area contributed by atoms with Crippen LogP contribution in [0, 0.1) is 0 Å².